The second-order valence-corrected chi connectivity index (χ2v) is 9.93. The van der Waals surface area contributed by atoms with Crippen molar-refractivity contribution >= 4 is 81.2 Å². The van der Waals surface area contributed by atoms with E-state index in [2.05, 4.69) is 10.6 Å². The van der Waals surface area contributed by atoms with E-state index in [0.29, 0.717) is 5.56 Å². The largest absolute Gasteiger partial charge is 0.369 e. The third-order valence-corrected chi connectivity index (χ3v) is 7.22. The summed E-state index contributed by atoms with van der Waals surface area (Å²) < 4.78 is 32.7. The molecule has 3 atom stereocenters. The molecule has 0 spiro atoms. The summed E-state index contributed by atoms with van der Waals surface area (Å²) in [5.74, 6) is -5.38. The maximum absolute atomic E-state index is 14.9. The summed E-state index contributed by atoms with van der Waals surface area (Å²) in [5, 5.41) is 4.92. The molecule has 3 rings (SSSR count). The van der Waals surface area contributed by atoms with Gasteiger partial charge in [0, 0.05) is 12.5 Å². The molecule has 0 bridgehead atoms. The molecule has 0 saturated heterocycles. The number of nitrogens with one attached hydrogen (secondary N) is 2. The lowest BCUT2D eigenvalue weighted by Crippen LogP contribution is -2.28. The van der Waals surface area contributed by atoms with E-state index in [-0.39, 0.29) is 27.4 Å². The molecule has 2 aromatic rings. The van der Waals surface area contributed by atoms with E-state index in [1.54, 1.807) is 6.92 Å². The topological polar surface area (TPSA) is 67.4 Å². The van der Waals surface area contributed by atoms with Crippen LogP contribution in [0, 0.1) is 17.6 Å². The van der Waals surface area contributed by atoms with Crippen molar-refractivity contribution in [2.24, 2.45) is 5.92 Å². The molecule has 2 N–H and O–H groups in total. The molecule has 1 aliphatic rings. The Morgan fingerprint density at radius 2 is 1.73 bits per heavy atom. The van der Waals surface area contributed by atoms with E-state index < -0.39 is 51.4 Å². The zero-order valence-electron chi connectivity index (χ0n) is 17.1. The fourth-order valence-corrected chi connectivity index (χ4v) is 4.79. The Morgan fingerprint density at radius 3 is 2.30 bits per heavy atom. The van der Waals surface area contributed by atoms with Gasteiger partial charge < -0.3 is 15.4 Å². The van der Waals surface area contributed by atoms with Gasteiger partial charge in [-0.2, -0.15) is 0 Å². The predicted molar refractivity (Wildman–Crippen MR) is 127 cm³/mol. The lowest BCUT2D eigenvalue weighted by Gasteiger charge is -2.15. The highest BCUT2D eigenvalue weighted by Crippen LogP contribution is 2.65. The lowest BCUT2D eigenvalue weighted by molar-refractivity contribution is -0.126. The molecule has 1 aliphatic carbocycles. The summed E-state index contributed by atoms with van der Waals surface area (Å²) in [7, 11) is 0. The van der Waals surface area contributed by atoms with Crippen LogP contribution in [0.2, 0.25) is 15.1 Å². The molecule has 1 unspecified atom stereocenters. The smallest absolute Gasteiger partial charge is 0.253 e. The molecular formula is C21H17Cl5F2N2O3. The third kappa shape index (κ3) is 5.34. The van der Waals surface area contributed by atoms with Crippen molar-refractivity contribution in [2.45, 2.75) is 30.2 Å². The molecule has 0 radical (unpaired) electrons. The number of halogens is 7. The Labute approximate surface area is 213 Å². The average Bonchev–Trinajstić information content (AvgIpc) is 3.33. The zero-order chi connectivity index (χ0) is 24.7. The first-order chi connectivity index (χ1) is 15.4. The number of hydrogen-bond donors (Lipinski definition) is 2. The van der Waals surface area contributed by atoms with E-state index in [1.165, 1.54) is 19.1 Å². The van der Waals surface area contributed by atoms with E-state index >= 15 is 0 Å². The van der Waals surface area contributed by atoms with Gasteiger partial charge in [-0.05, 0) is 43.7 Å². The van der Waals surface area contributed by atoms with Crippen molar-refractivity contribution in [3.8, 4) is 0 Å². The van der Waals surface area contributed by atoms with Crippen molar-refractivity contribution in [1.82, 2.24) is 0 Å². The van der Waals surface area contributed by atoms with Crippen molar-refractivity contribution in [1.29, 1.82) is 0 Å². The molecule has 33 heavy (non-hydrogen) atoms. The van der Waals surface area contributed by atoms with Gasteiger partial charge in [-0.1, -0.05) is 34.8 Å². The van der Waals surface area contributed by atoms with Crippen LogP contribution < -0.4 is 10.6 Å². The number of hydrogen-bond acceptors (Lipinski definition) is 3. The second kappa shape index (κ2) is 10.1. The number of anilines is 2. The first-order valence-corrected chi connectivity index (χ1v) is 11.5. The second-order valence-electron chi connectivity index (χ2n) is 7.29. The van der Waals surface area contributed by atoms with Crippen molar-refractivity contribution in [3.63, 3.8) is 0 Å². The lowest BCUT2D eigenvalue weighted by atomic mass is 10.1. The monoisotopic (exact) mass is 558 g/mol. The van der Waals surface area contributed by atoms with Gasteiger partial charge in [0.15, 0.2) is 5.82 Å². The van der Waals surface area contributed by atoms with Crippen LogP contribution in [-0.4, -0.2) is 28.9 Å². The highest BCUT2D eigenvalue weighted by Gasteiger charge is 2.67. The molecule has 1 fully saturated rings. The van der Waals surface area contributed by atoms with Crippen LogP contribution in [0.5, 0.6) is 0 Å². The number of carbonyl (C=O) groups excluding carboxylic acids is 2. The average molecular weight is 561 g/mol. The SMILES string of the molecule is CCOC(C)C(=O)Nc1c(F)ccc(NC(=O)[C@H]2[C@H](c3cc(Cl)c(Cl)c(Cl)c3)C2(Cl)Cl)c1F. The maximum Gasteiger partial charge on any atom is 0.253 e. The summed E-state index contributed by atoms with van der Waals surface area (Å²) in [4.78, 5) is 24.9. The number of amides is 2. The summed E-state index contributed by atoms with van der Waals surface area (Å²) in [6.07, 6.45) is -0.939. The normalized spacial score (nSPS) is 19.7. The van der Waals surface area contributed by atoms with Crippen molar-refractivity contribution < 1.29 is 23.1 Å². The van der Waals surface area contributed by atoms with Gasteiger partial charge >= 0.3 is 0 Å². The van der Waals surface area contributed by atoms with Crippen molar-refractivity contribution in [2.75, 3.05) is 17.2 Å². The number of rotatable bonds is 7. The van der Waals surface area contributed by atoms with Crippen LogP contribution in [0.25, 0.3) is 0 Å². The van der Waals surface area contributed by atoms with E-state index in [0.717, 1.165) is 12.1 Å². The minimum absolute atomic E-state index is 0.139. The molecule has 5 nitrogen and oxygen atoms in total. The molecule has 0 aromatic heterocycles. The zero-order valence-corrected chi connectivity index (χ0v) is 20.9. The van der Waals surface area contributed by atoms with Crippen LogP contribution in [-0.2, 0) is 14.3 Å². The molecule has 12 heteroatoms. The van der Waals surface area contributed by atoms with Gasteiger partial charge in [0.05, 0.1) is 26.7 Å². The van der Waals surface area contributed by atoms with Crippen LogP contribution in [0.3, 0.4) is 0 Å². The molecule has 2 aromatic carbocycles. The maximum atomic E-state index is 14.9. The molecule has 0 heterocycles. The van der Waals surface area contributed by atoms with Crippen LogP contribution in [0.4, 0.5) is 20.2 Å². The summed E-state index contributed by atoms with van der Waals surface area (Å²) in [5.41, 5.74) is -0.629. The fraction of sp³-hybridized carbons (Fsp3) is 0.333. The quantitative estimate of drug-likeness (QED) is 0.289. The van der Waals surface area contributed by atoms with Gasteiger partial charge in [-0.15, -0.1) is 23.2 Å². The van der Waals surface area contributed by atoms with E-state index in [4.69, 9.17) is 62.7 Å². The number of ether oxygens (including phenoxy) is 1. The molecule has 1 saturated carbocycles. The minimum atomic E-state index is -1.52. The van der Waals surface area contributed by atoms with E-state index in [1.807, 2.05) is 0 Å². The first kappa shape index (κ1) is 26.3. The Kier molecular flexibility index (Phi) is 8.04. The molecule has 178 valence electrons. The Morgan fingerprint density at radius 1 is 1.12 bits per heavy atom. The van der Waals surface area contributed by atoms with Gasteiger partial charge in [-0.25, -0.2) is 8.78 Å². The fourth-order valence-electron chi connectivity index (χ4n) is 3.35. The van der Waals surface area contributed by atoms with Crippen LogP contribution >= 0.6 is 58.0 Å². The Bertz CT molecular complexity index is 1090. The molecular weight excluding hydrogens is 544 g/mol. The highest BCUT2D eigenvalue weighted by atomic mass is 35.5. The number of benzene rings is 2. The summed E-state index contributed by atoms with van der Waals surface area (Å²) in [6.45, 7) is 3.34. The summed E-state index contributed by atoms with van der Waals surface area (Å²) in [6, 6.07) is 4.89. The van der Waals surface area contributed by atoms with Crippen molar-refractivity contribution in [3.05, 3.63) is 56.5 Å². The van der Waals surface area contributed by atoms with Crippen LogP contribution in [0.15, 0.2) is 24.3 Å². The summed E-state index contributed by atoms with van der Waals surface area (Å²) >= 11 is 30.7. The molecule has 0 aliphatic heterocycles. The van der Waals surface area contributed by atoms with Crippen LogP contribution in [0.1, 0.15) is 25.3 Å². The van der Waals surface area contributed by atoms with Gasteiger partial charge in [0.25, 0.3) is 5.91 Å². The third-order valence-electron chi connectivity index (χ3n) is 5.08. The Hall–Kier alpha value is -1.35. The minimum Gasteiger partial charge on any atom is -0.369 e. The van der Waals surface area contributed by atoms with E-state index in [9.17, 15) is 18.4 Å². The molecule has 2 amide bonds. The van der Waals surface area contributed by atoms with Gasteiger partial charge in [-0.3, -0.25) is 9.59 Å². The number of alkyl halides is 2. The standard InChI is InChI=1S/C21H17Cl5F2N2O3/c1-3-33-8(2)19(31)30-18-12(27)4-5-13(17(18)28)29-20(32)15-14(21(15,25)26)9-6-10(22)16(24)11(23)7-9/h4-8,14-15H,3H2,1-2H3,(H,29,32)(H,30,31)/t8?,14-,15+/m0/s1. The number of carbonyl (C=O) groups is 2. The van der Waals surface area contributed by atoms with Gasteiger partial charge in [0.1, 0.15) is 21.9 Å². The highest BCUT2D eigenvalue weighted by molar-refractivity contribution is 6.54. The Balaban J connectivity index is 1.81. The predicted octanol–water partition coefficient (Wildman–Crippen LogP) is 6.81. The van der Waals surface area contributed by atoms with Gasteiger partial charge in [0.2, 0.25) is 5.91 Å². The first-order valence-electron chi connectivity index (χ1n) is 9.63.